The van der Waals surface area contributed by atoms with Crippen LogP contribution in [0.4, 0.5) is 0 Å². The summed E-state index contributed by atoms with van der Waals surface area (Å²) in [4.78, 5) is 24.3. The van der Waals surface area contributed by atoms with E-state index in [9.17, 15) is 9.59 Å². The van der Waals surface area contributed by atoms with Crippen LogP contribution in [0.15, 0.2) is 0 Å². The van der Waals surface area contributed by atoms with Crippen molar-refractivity contribution >= 4 is 18.0 Å². The van der Waals surface area contributed by atoms with E-state index < -0.39 is 12.0 Å². The fourth-order valence-electron chi connectivity index (χ4n) is 0.794. The van der Waals surface area contributed by atoms with E-state index in [0.717, 1.165) is 6.21 Å². The van der Waals surface area contributed by atoms with Gasteiger partial charge in [0, 0.05) is 6.42 Å². The molecular weight excluding hydrogens is 186 g/mol. The summed E-state index contributed by atoms with van der Waals surface area (Å²) in [6, 6.07) is -0.800. The molecule has 0 fully saturated rings. The SMILES string of the molecule is CCOC(=O)[C@@H](N)CCC(=O)C=[N+]=[N-]. The normalized spacial score (nSPS) is 11.3. The third kappa shape index (κ3) is 5.18. The molecule has 78 valence electrons. The van der Waals surface area contributed by atoms with Crippen LogP contribution in [0.5, 0.6) is 0 Å². The van der Waals surface area contributed by atoms with Crippen LogP contribution in [0.2, 0.25) is 0 Å². The minimum atomic E-state index is -0.800. The molecule has 0 aromatic rings. The molecule has 6 nitrogen and oxygen atoms in total. The first-order chi connectivity index (χ1) is 6.61. The Morgan fingerprint density at radius 2 is 2.29 bits per heavy atom. The highest BCUT2D eigenvalue weighted by molar-refractivity contribution is 6.25. The van der Waals surface area contributed by atoms with Crippen molar-refractivity contribution < 1.29 is 19.1 Å². The Balaban J connectivity index is 3.83. The molecule has 0 unspecified atom stereocenters. The second-order valence-corrected chi connectivity index (χ2v) is 2.61. The van der Waals surface area contributed by atoms with Crippen LogP contribution in [0.3, 0.4) is 0 Å². The van der Waals surface area contributed by atoms with Crippen molar-refractivity contribution in [3.05, 3.63) is 5.53 Å². The second-order valence-electron chi connectivity index (χ2n) is 2.61. The highest BCUT2D eigenvalue weighted by atomic mass is 16.5. The summed E-state index contributed by atoms with van der Waals surface area (Å²) in [5.41, 5.74) is 13.4. The molecule has 0 saturated heterocycles. The molecule has 0 aliphatic rings. The first kappa shape index (κ1) is 12.5. The maximum Gasteiger partial charge on any atom is 0.323 e. The molecule has 0 heterocycles. The quantitative estimate of drug-likeness (QED) is 0.270. The molecule has 0 amide bonds. The first-order valence-electron chi connectivity index (χ1n) is 4.24. The second kappa shape index (κ2) is 6.94. The maximum atomic E-state index is 11.0. The molecule has 0 radical (unpaired) electrons. The monoisotopic (exact) mass is 199 g/mol. The molecule has 0 rings (SSSR count). The lowest BCUT2D eigenvalue weighted by atomic mass is 10.1. The minimum absolute atomic E-state index is 0.0596. The number of nitrogens with zero attached hydrogens (tertiary/aromatic N) is 2. The van der Waals surface area contributed by atoms with E-state index in [-0.39, 0.29) is 25.2 Å². The maximum absolute atomic E-state index is 11.0. The highest BCUT2D eigenvalue weighted by Gasteiger charge is 2.16. The van der Waals surface area contributed by atoms with E-state index in [1.54, 1.807) is 6.92 Å². The molecular formula is C8H13N3O3. The zero-order chi connectivity index (χ0) is 11.0. The summed E-state index contributed by atoms with van der Waals surface area (Å²) in [7, 11) is 0. The fraction of sp³-hybridized carbons (Fsp3) is 0.625. The van der Waals surface area contributed by atoms with Gasteiger partial charge in [-0.25, -0.2) is 0 Å². The topological polar surface area (TPSA) is 106 Å². The third-order valence-corrected chi connectivity index (χ3v) is 1.49. The molecule has 0 spiro atoms. The summed E-state index contributed by atoms with van der Waals surface area (Å²) in [6.45, 7) is 1.94. The van der Waals surface area contributed by atoms with Crippen molar-refractivity contribution in [1.82, 2.24) is 0 Å². The largest absolute Gasteiger partial charge is 0.465 e. The van der Waals surface area contributed by atoms with Crippen LogP contribution in [-0.2, 0) is 14.3 Å². The Hall–Kier alpha value is -1.52. The van der Waals surface area contributed by atoms with Gasteiger partial charge >= 0.3 is 12.2 Å². The van der Waals surface area contributed by atoms with Crippen LogP contribution in [-0.4, -0.2) is 35.4 Å². The molecule has 2 N–H and O–H groups in total. The molecule has 0 aliphatic carbocycles. The smallest absolute Gasteiger partial charge is 0.323 e. The van der Waals surface area contributed by atoms with Crippen LogP contribution in [0.25, 0.3) is 5.53 Å². The highest BCUT2D eigenvalue weighted by Crippen LogP contribution is 1.97. The van der Waals surface area contributed by atoms with E-state index in [0.29, 0.717) is 0 Å². The average molecular weight is 199 g/mol. The predicted octanol–water partition coefficient (Wildman–Crippen LogP) is -0.473. The van der Waals surface area contributed by atoms with Gasteiger partial charge in [0.1, 0.15) is 6.04 Å². The summed E-state index contributed by atoms with van der Waals surface area (Å²) < 4.78 is 4.64. The Morgan fingerprint density at radius 3 is 2.79 bits per heavy atom. The zero-order valence-corrected chi connectivity index (χ0v) is 7.97. The Kier molecular flexibility index (Phi) is 6.19. The van der Waals surface area contributed by atoms with Crippen molar-refractivity contribution in [3.8, 4) is 0 Å². The standard InChI is InChI=1S/C8H13N3O3/c1-2-14-8(13)7(9)4-3-6(12)5-11-10/h5,7H,2-4,9H2,1H3/t7-/m0/s1. The molecule has 0 saturated carbocycles. The van der Waals surface area contributed by atoms with Gasteiger partial charge in [0.25, 0.3) is 0 Å². The number of ketones is 1. The van der Waals surface area contributed by atoms with E-state index in [4.69, 9.17) is 11.3 Å². The van der Waals surface area contributed by atoms with Gasteiger partial charge in [-0.15, -0.1) is 0 Å². The molecule has 1 atom stereocenters. The van der Waals surface area contributed by atoms with Gasteiger partial charge in [-0.1, -0.05) is 0 Å². The Morgan fingerprint density at radius 1 is 1.64 bits per heavy atom. The Labute approximate surface area is 81.7 Å². The van der Waals surface area contributed by atoms with Gasteiger partial charge in [0.15, 0.2) is 0 Å². The molecule has 0 aliphatic heterocycles. The van der Waals surface area contributed by atoms with E-state index in [1.165, 1.54) is 0 Å². The predicted molar refractivity (Wildman–Crippen MR) is 48.5 cm³/mol. The first-order valence-corrected chi connectivity index (χ1v) is 4.24. The molecule has 0 bridgehead atoms. The average Bonchev–Trinajstić information content (AvgIpc) is 2.15. The summed E-state index contributed by atoms with van der Waals surface area (Å²) >= 11 is 0. The van der Waals surface area contributed by atoms with Gasteiger partial charge < -0.3 is 16.0 Å². The van der Waals surface area contributed by atoms with E-state index in [2.05, 4.69) is 9.53 Å². The van der Waals surface area contributed by atoms with Gasteiger partial charge in [0.05, 0.1) is 6.61 Å². The number of hydrogen-bond donors (Lipinski definition) is 1. The van der Waals surface area contributed by atoms with Gasteiger partial charge in [-0.05, 0) is 13.3 Å². The van der Waals surface area contributed by atoms with Gasteiger partial charge in [-0.2, -0.15) is 4.79 Å². The lowest BCUT2D eigenvalue weighted by Crippen LogP contribution is -2.32. The van der Waals surface area contributed by atoms with Crippen LogP contribution >= 0.6 is 0 Å². The number of hydrogen-bond acceptors (Lipinski definition) is 4. The molecule has 0 aromatic carbocycles. The Bertz CT molecular complexity index is 259. The number of ether oxygens (including phenoxy) is 1. The molecule has 0 aromatic heterocycles. The van der Waals surface area contributed by atoms with Crippen LogP contribution in [0.1, 0.15) is 19.8 Å². The summed E-state index contributed by atoms with van der Waals surface area (Å²) in [5.74, 6) is -0.909. The van der Waals surface area contributed by atoms with Crippen molar-refractivity contribution in [1.29, 1.82) is 0 Å². The van der Waals surface area contributed by atoms with Crippen molar-refractivity contribution in [2.24, 2.45) is 5.73 Å². The number of nitrogens with two attached hydrogens (primary N) is 1. The summed E-state index contributed by atoms with van der Waals surface area (Å²) in [5, 5.41) is 0. The van der Waals surface area contributed by atoms with Crippen LogP contribution in [0, 0.1) is 0 Å². The van der Waals surface area contributed by atoms with Gasteiger partial charge in [0.2, 0.25) is 5.78 Å². The van der Waals surface area contributed by atoms with Crippen LogP contribution < -0.4 is 5.73 Å². The number of esters is 1. The molecule has 14 heavy (non-hydrogen) atoms. The van der Waals surface area contributed by atoms with Crippen molar-refractivity contribution in [2.75, 3.05) is 6.61 Å². The minimum Gasteiger partial charge on any atom is -0.465 e. The fourth-order valence-corrected chi connectivity index (χ4v) is 0.794. The number of carbonyl (C=O) groups excluding carboxylic acids is 2. The third-order valence-electron chi connectivity index (χ3n) is 1.49. The lowest BCUT2D eigenvalue weighted by molar-refractivity contribution is -0.144. The van der Waals surface area contributed by atoms with Crippen molar-refractivity contribution in [3.63, 3.8) is 0 Å². The lowest BCUT2D eigenvalue weighted by Gasteiger charge is -2.07. The van der Waals surface area contributed by atoms with Gasteiger partial charge in [-0.3, -0.25) is 9.59 Å². The van der Waals surface area contributed by atoms with Crippen molar-refractivity contribution in [2.45, 2.75) is 25.8 Å². The van der Waals surface area contributed by atoms with E-state index in [1.807, 2.05) is 0 Å². The summed E-state index contributed by atoms with van der Waals surface area (Å²) in [6.07, 6.45) is 1.02. The molecule has 6 heteroatoms. The number of rotatable bonds is 6. The van der Waals surface area contributed by atoms with E-state index >= 15 is 0 Å². The number of carbonyl (C=O) groups is 2. The zero-order valence-electron chi connectivity index (χ0n) is 7.97. The number of Topliss-reactive ketones (excluding diaryl/α,β-unsaturated/α-hetero) is 1.